The van der Waals surface area contributed by atoms with Crippen LogP contribution in [-0.2, 0) is 6.54 Å². The molecule has 16 heavy (non-hydrogen) atoms. The predicted octanol–water partition coefficient (Wildman–Crippen LogP) is 3.07. The fourth-order valence-electron chi connectivity index (χ4n) is 1.49. The SMILES string of the molecule is C=C(C)Cn1c(=O)oc2c(F)c(Br)ccc21. The van der Waals surface area contributed by atoms with Crippen molar-refractivity contribution >= 4 is 27.0 Å². The van der Waals surface area contributed by atoms with Gasteiger partial charge in [0.1, 0.15) is 0 Å². The molecule has 0 N–H and O–H groups in total. The Morgan fingerprint density at radius 3 is 2.94 bits per heavy atom. The van der Waals surface area contributed by atoms with Crippen LogP contribution in [-0.4, -0.2) is 4.57 Å². The molecule has 0 bridgehead atoms. The maximum atomic E-state index is 13.6. The van der Waals surface area contributed by atoms with E-state index in [4.69, 9.17) is 4.42 Å². The molecular formula is C11H9BrFNO2. The van der Waals surface area contributed by atoms with E-state index >= 15 is 0 Å². The molecule has 0 radical (unpaired) electrons. The van der Waals surface area contributed by atoms with Gasteiger partial charge in [-0.05, 0) is 35.0 Å². The summed E-state index contributed by atoms with van der Waals surface area (Å²) < 4.78 is 20.1. The van der Waals surface area contributed by atoms with Crippen LogP contribution in [0.3, 0.4) is 0 Å². The van der Waals surface area contributed by atoms with E-state index in [9.17, 15) is 9.18 Å². The molecule has 0 atom stereocenters. The molecule has 84 valence electrons. The standard InChI is InChI=1S/C11H9BrFNO2/c1-6(2)5-14-8-4-3-7(12)9(13)10(8)16-11(14)15/h3-4H,1,5H2,2H3. The zero-order chi connectivity index (χ0) is 11.9. The second-order valence-corrected chi connectivity index (χ2v) is 4.48. The molecule has 0 aliphatic rings. The highest BCUT2D eigenvalue weighted by atomic mass is 79.9. The molecule has 1 aromatic carbocycles. The predicted molar refractivity (Wildman–Crippen MR) is 62.9 cm³/mol. The number of hydrogen-bond acceptors (Lipinski definition) is 2. The van der Waals surface area contributed by atoms with Crippen molar-refractivity contribution in [1.82, 2.24) is 4.57 Å². The first-order valence-corrected chi connectivity index (χ1v) is 5.41. The van der Waals surface area contributed by atoms with Crippen molar-refractivity contribution in [2.75, 3.05) is 0 Å². The third-order valence-electron chi connectivity index (χ3n) is 2.16. The van der Waals surface area contributed by atoms with Crippen LogP contribution in [0.4, 0.5) is 4.39 Å². The van der Waals surface area contributed by atoms with Crippen LogP contribution in [0.2, 0.25) is 0 Å². The van der Waals surface area contributed by atoms with Crippen LogP contribution in [0.5, 0.6) is 0 Å². The maximum Gasteiger partial charge on any atom is 0.420 e. The quantitative estimate of drug-likeness (QED) is 0.795. The number of halogens is 2. The highest BCUT2D eigenvalue weighted by Gasteiger charge is 2.15. The number of benzene rings is 1. The van der Waals surface area contributed by atoms with E-state index in [0.717, 1.165) is 5.57 Å². The average molecular weight is 286 g/mol. The minimum Gasteiger partial charge on any atom is -0.404 e. The molecule has 2 rings (SSSR count). The molecule has 0 saturated carbocycles. The van der Waals surface area contributed by atoms with E-state index in [1.165, 1.54) is 4.57 Å². The van der Waals surface area contributed by atoms with Crippen LogP contribution in [0.25, 0.3) is 11.1 Å². The molecule has 3 nitrogen and oxygen atoms in total. The first kappa shape index (κ1) is 11.1. The molecule has 0 amide bonds. The molecule has 1 heterocycles. The highest BCUT2D eigenvalue weighted by Crippen LogP contribution is 2.24. The Hall–Kier alpha value is -1.36. The van der Waals surface area contributed by atoms with Crippen molar-refractivity contribution in [2.45, 2.75) is 13.5 Å². The lowest BCUT2D eigenvalue weighted by Crippen LogP contribution is -2.14. The Morgan fingerprint density at radius 2 is 2.31 bits per heavy atom. The summed E-state index contributed by atoms with van der Waals surface area (Å²) >= 11 is 3.04. The van der Waals surface area contributed by atoms with E-state index < -0.39 is 11.6 Å². The Morgan fingerprint density at radius 1 is 1.62 bits per heavy atom. The molecule has 5 heteroatoms. The van der Waals surface area contributed by atoms with E-state index in [1.807, 2.05) is 0 Å². The van der Waals surface area contributed by atoms with Gasteiger partial charge in [-0.15, -0.1) is 0 Å². The molecule has 0 aliphatic carbocycles. The summed E-state index contributed by atoms with van der Waals surface area (Å²) in [5, 5.41) is 0. The summed E-state index contributed by atoms with van der Waals surface area (Å²) in [5.74, 6) is -1.13. The summed E-state index contributed by atoms with van der Waals surface area (Å²) in [6, 6.07) is 3.18. The van der Waals surface area contributed by atoms with Crippen LogP contribution in [0.15, 0.2) is 38.0 Å². The van der Waals surface area contributed by atoms with Gasteiger partial charge in [0, 0.05) is 6.54 Å². The molecule has 0 aliphatic heterocycles. The first-order valence-electron chi connectivity index (χ1n) is 4.62. The van der Waals surface area contributed by atoms with Gasteiger partial charge in [0.25, 0.3) is 0 Å². The summed E-state index contributed by atoms with van der Waals surface area (Å²) in [7, 11) is 0. The number of allylic oxidation sites excluding steroid dienone is 1. The highest BCUT2D eigenvalue weighted by molar-refractivity contribution is 9.10. The zero-order valence-electron chi connectivity index (χ0n) is 8.59. The summed E-state index contributed by atoms with van der Waals surface area (Å²) in [6.45, 7) is 5.83. The Bertz CT molecular complexity index is 627. The van der Waals surface area contributed by atoms with Crippen molar-refractivity contribution in [3.05, 3.63) is 45.1 Å². The largest absolute Gasteiger partial charge is 0.420 e. The molecule has 0 saturated heterocycles. The second kappa shape index (κ2) is 3.90. The number of rotatable bonds is 2. The van der Waals surface area contributed by atoms with Crippen molar-refractivity contribution in [1.29, 1.82) is 0 Å². The Kier molecular flexibility index (Phi) is 2.71. The van der Waals surface area contributed by atoms with Crippen LogP contribution in [0.1, 0.15) is 6.92 Å². The van der Waals surface area contributed by atoms with Gasteiger partial charge in [0.05, 0.1) is 9.99 Å². The number of aromatic nitrogens is 1. The lowest BCUT2D eigenvalue weighted by molar-refractivity contribution is 0.496. The minimum atomic E-state index is -0.574. The monoisotopic (exact) mass is 285 g/mol. The van der Waals surface area contributed by atoms with Gasteiger partial charge in [-0.2, -0.15) is 0 Å². The van der Waals surface area contributed by atoms with Gasteiger partial charge in [-0.3, -0.25) is 4.57 Å². The van der Waals surface area contributed by atoms with E-state index in [1.54, 1.807) is 19.1 Å². The van der Waals surface area contributed by atoms with Gasteiger partial charge in [0.15, 0.2) is 11.4 Å². The summed E-state index contributed by atoms with van der Waals surface area (Å²) in [5.41, 5.74) is 1.21. The van der Waals surface area contributed by atoms with Crippen LogP contribution < -0.4 is 5.76 Å². The average Bonchev–Trinajstić information content (AvgIpc) is 2.51. The van der Waals surface area contributed by atoms with Crippen LogP contribution >= 0.6 is 15.9 Å². The lowest BCUT2D eigenvalue weighted by Gasteiger charge is -2.00. The summed E-state index contributed by atoms with van der Waals surface area (Å²) in [6.07, 6.45) is 0. The molecule has 1 aromatic heterocycles. The van der Waals surface area contributed by atoms with Crippen molar-refractivity contribution < 1.29 is 8.81 Å². The van der Waals surface area contributed by atoms with Crippen molar-refractivity contribution in [2.24, 2.45) is 0 Å². The van der Waals surface area contributed by atoms with Crippen molar-refractivity contribution in [3.8, 4) is 0 Å². The van der Waals surface area contributed by atoms with Gasteiger partial charge in [0.2, 0.25) is 0 Å². The maximum absolute atomic E-state index is 13.6. The normalized spacial score (nSPS) is 10.9. The molecular weight excluding hydrogens is 277 g/mol. The summed E-state index contributed by atoms with van der Waals surface area (Å²) in [4.78, 5) is 11.5. The fourth-order valence-corrected chi connectivity index (χ4v) is 1.80. The van der Waals surface area contributed by atoms with E-state index in [2.05, 4.69) is 22.5 Å². The molecule has 2 aromatic rings. The van der Waals surface area contributed by atoms with Gasteiger partial charge in [-0.25, -0.2) is 9.18 Å². The second-order valence-electron chi connectivity index (χ2n) is 3.62. The number of oxazole rings is 1. The molecule has 0 fully saturated rings. The van der Waals surface area contributed by atoms with Crippen LogP contribution in [0, 0.1) is 5.82 Å². The Labute approximate surface area is 99.3 Å². The van der Waals surface area contributed by atoms with Crippen molar-refractivity contribution in [3.63, 3.8) is 0 Å². The van der Waals surface area contributed by atoms with Gasteiger partial charge in [-0.1, -0.05) is 12.2 Å². The fraction of sp³-hybridized carbons (Fsp3) is 0.182. The zero-order valence-corrected chi connectivity index (χ0v) is 10.2. The molecule has 0 unspecified atom stereocenters. The number of fused-ring (bicyclic) bond motifs is 1. The topological polar surface area (TPSA) is 35.1 Å². The van der Waals surface area contributed by atoms with E-state index in [-0.39, 0.29) is 10.1 Å². The first-order chi connectivity index (χ1) is 7.50. The smallest absolute Gasteiger partial charge is 0.404 e. The minimum absolute atomic E-state index is 0.0272. The number of hydrogen-bond donors (Lipinski definition) is 0. The molecule has 0 spiro atoms. The lowest BCUT2D eigenvalue weighted by atomic mass is 10.3. The third-order valence-corrected chi connectivity index (χ3v) is 2.77. The third kappa shape index (κ3) is 1.71. The van der Waals surface area contributed by atoms with E-state index in [0.29, 0.717) is 12.1 Å². The Balaban J connectivity index is 2.76. The van der Waals surface area contributed by atoms with Gasteiger partial charge >= 0.3 is 5.76 Å². The van der Waals surface area contributed by atoms with Gasteiger partial charge < -0.3 is 4.42 Å². The number of nitrogens with zero attached hydrogens (tertiary/aromatic N) is 1.